The third-order valence-corrected chi connectivity index (χ3v) is 6.55. The van der Waals surface area contributed by atoms with Gasteiger partial charge in [-0.25, -0.2) is 4.98 Å². The van der Waals surface area contributed by atoms with E-state index < -0.39 is 4.92 Å². The van der Waals surface area contributed by atoms with E-state index in [0.717, 1.165) is 42.3 Å². The largest absolute Gasteiger partial charge is 0.457 e. The standard InChI is InChI=1S/C22H23N3O4S/c1-24(2)22(11-13-28-14-12-22)21-23-20(15-30-21)16-3-7-18(8-4-16)29-19-9-5-17(6-10-19)25(26)27/h3-10,15H,11-14H2,1-2H3. The van der Waals surface area contributed by atoms with Crippen LogP contribution in [0.1, 0.15) is 17.8 Å². The van der Waals surface area contributed by atoms with Crippen molar-refractivity contribution in [2.45, 2.75) is 18.4 Å². The van der Waals surface area contributed by atoms with Crippen LogP contribution in [0, 0.1) is 10.1 Å². The molecular weight excluding hydrogens is 402 g/mol. The average molecular weight is 426 g/mol. The van der Waals surface area contributed by atoms with Crippen molar-refractivity contribution >= 4 is 17.0 Å². The molecule has 0 bridgehead atoms. The summed E-state index contributed by atoms with van der Waals surface area (Å²) in [6.45, 7) is 1.50. The number of non-ortho nitro benzene ring substituents is 1. The number of aromatic nitrogens is 1. The van der Waals surface area contributed by atoms with E-state index >= 15 is 0 Å². The van der Waals surface area contributed by atoms with Crippen molar-refractivity contribution in [3.05, 3.63) is 69.0 Å². The minimum Gasteiger partial charge on any atom is -0.457 e. The molecule has 0 unspecified atom stereocenters. The molecule has 0 radical (unpaired) electrons. The number of nitro benzene ring substituents is 1. The van der Waals surface area contributed by atoms with Crippen LogP contribution in [0.25, 0.3) is 11.3 Å². The second kappa shape index (κ2) is 8.51. The van der Waals surface area contributed by atoms with Crippen molar-refractivity contribution in [2.75, 3.05) is 27.3 Å². The highest BCUT2D eigenvalue weighted by Gasteiger charge is 2.39. The molecule has 1 aliphatic heterocycles. The van der Waals surface area contributed by atoms with E-state index in [4.69, 9.17) is 14.5 Å². The first-order chi connectivity index (χ1) is 14.5. The third-order valence-electron chi connectivity index (χ3n) is 5.51. The normalized spacial score (nSPS) is 15.8. The van der Waals surface area contributed by atoms with Gasteiger partial charge in [0.2, 0.25) is 0 Å². The van der Waals surface area contributed by atoms with Gasteiger partial charge in [0.1, 0.15) is 16.5 Å². The summed E-state index contributed by atoms with van der Waals surface area (Å²) >= 11 is 1.69. The van der Waals surface area contributed by atoms with Crippen LogP contribution in [0.2, 0.25) is 0 Å². The SMILES string of the molecule is CN(C)C1(c2nc(-c3ccc(Oc4ccc([N+](=O)[O-])cc4)cc3)cs2)CCOCC1. The summed E-state index contributed by atoms with van der Waals surface area (Å²) in [7, 11) is 4.22. The van der Waals surface area contributed by atoms with E-state index in [9.17, 15) is 10.1 Å². The topological polar surface area (TPSA) is 77.7 Å². The van der Waals surface area contributed by atoms with Gasteiger partial charge in [0.25, 0.3) is 5.69 Å². The molecule has 4 rings (SSSR count). The fraction of sp³-hybridized carbons (Fsp3) is 0.318. The molecule has 2 aromatic carbocycles. The molecule has 3 aromatic rings. The second-order valence-corrected chi connectivity index (χ2v) is 8.31. The Morgan fingerprint density at radius 2 is 1.67 bits per heavy atom. The fourth-order valence-corrected chi connectivity index (χ4v) is 4.82. The van der Waals surface area contributed by atoms with Crippen LogP contribution in [-0.4, -0.2) is 42.1 Å². The number of rotatable bonds is 6. The number of thiazole rings is 1. The minimum absolute atomic E-state index is 0.0389. The molecule has 7 nitrogen and oxygen atoms in total. The monoisotopic (exact) mass is 425 g/mol. The fourth-order valence-electron chi connectivity index (χ4n) is 3.65. The van der Waals surface area contributed by atoms with Crippen molar-refractivity contribution in [2.24, 2.45) is 0 Å². The maximum atomic E-state index is 10.8. The zero-order valence-electron chi connectivity index (χ0n) is 16.9. The molecular formula is C22H23N3O4S. The summed E-state index contributed by atoms with van der Waals surface area (Å²) in [4.78, 5) is 17.5. The molecule has 0 saturated carbocycles. The molecule has 0 aliphatic carbocycles. The van der Waals surface area contributed by atoms with Crippen LogP contribution in [0.15, 0.2) is 53.9 Å². The van der Waals surface area contributed by atoms with Crippen LogP contribution in [0.3, 0.4) is 0 Å². The summed E-state index contributed by atoms with van der Waals surface area (Å²) in [6.07, 6.45) is 1.88. The summed E-state index contributed by atoms with van der Waals surface area (Å²) in [5, 5.41) is 14.0. The van der Waals surface area contributed by atoms with Gasteiger partial charge in [0.15, 0.2) is 0 Å². The predicted octanol–water partition coefficient (Wildman–Crippen LogP) is 5.08. The number of hydrogen-bond acceptors (Lipinski definition) is 7. The maximum Gasteiger partial charge on any atom is 0.269 e. The lowest BCUT2D eigenvalue weighted by molar-refractivity contribution is -0.384. The number of nitro groups is 1. The molecule has 30 heavy (non-hydrogen) atoms. The molecule has 0 spiro atoms. The van der Waals surface area contributed by atoms with Crippen LogP contribution in [-0.2, 0) is 10.3 Å². The first kappa shape index (κ1) is 20.5. The molecule has 1 fully saturated rings. The van der Waals surface area contributed by atoms with Crippen LogP contribution in [0.5, 0.6) is 11.5 Å². The Hall–Kier alpha value is -2.81. The Labute approximate surface area is 179 Å². The maximum absolute atomic E-state index is 10.8. The van der Waals surface area contributed by atoms with Crippen LogP contribution >= 0.6 is 11.3 Å². The molecule has 1 aromatic heterocycles. The Morgan fingerprint density at radius 3 is 2.23 bits per heavy atom. The molecule has 2 heterocycles. The van der Waals surface area contributed by atoms with Crippen LogP contribution < -0.4 is 4.74 Å². The summed E-state index contributed by atoms with van der Waals surface area (Å²) in [6, 6.07) is 13.8. The van der Waals surface area contributed by atoms with Gasteiger partial charge < -0.3 is 9.47 Å². The Balaban J connectivity index is 1.50. The van der Waals surface area contributed by atoms with Gasteiger partial charge in [-0.3, -0.25) is 15.0 Å². The highest BCUT2D eigenvalue weighted by atomic mass is 32.1. The molecule has 0 N–H and O–H groups in total. The summed E-state index contributed by atoms with van der Waals surface area (Å²) in [5.41, 5.74) is 1.94. The Morgan fingerprint density at radius 1 is 1.07 bits per heavy atom. The third kappa shape index (κ3) is 4.07. The molecule has 0 atom stereocenters. The first-order valence-corrected chi connectivity index (χ1v) is 10.6. The van der Waals surface area contributed by atoms with Crippen molar-refractivity contribution in [1.29, 1.82) is 0 Å². The lowest BCUT2D eigenvalue weighted by Gasteiger charge is -2.41. The van der Waals surface area contributed by atoms with Gasteiger partial charge >= 0.3 is 0 Å². The molecule has 156 valence electrons. The quantitative estimate of drug-likeness (QED) is 0.405. The molecule has 0 amide bonds. The lowest BCUT2D eigenvalue weighted by atomic mass is 9.89. The molecule has 1 saturated heterocycles. The number of hydrogen-bond donors (Lipinski definition) is 0. The van der Waals surface area contributed by atoms with Crippen molar-refractivity contribution in [1.82, 2.24) is 9.88 Å². The van der Waals surface area contributed by atoms with E-state index in [1.807, 2.05) is 24.3 Å². The summed E-state index contributed by atoms with van der Waals surface area (Å²) in [5.74, 6) is 1.22. The first-order valence-electron chi connectivity index (χ1n) is 9.72. The predicted molar refractivity (Wildman–Crippen MR) is 116 cm³/mol. The Kier molecular flexibility index (Phi) is 5.80. The summed E-state index contributed by atoms with van der Waals surface area (Å²) < 4.78 is 11.4. The zero-order chi connectivity index (χ0) is 21.1. The van der Waals surface area contributed by atoms with E-state index in [0.29, 0.717) is 11.5 Å². The Bertz CT molecular complexity index is 1010. The highest BCUT2D eigenvalue weighted by Crippen LogP contribution is 2.39. The van der Waals surface area contributed by atoms with E-state index in [1.165, 1.54) is 12.1 Å². The van der Waals surface area contributed by atoms with Gasteiger partial charge in [-0.1, -0.05) is 0 Å². The van der Waals surface area contributed by atoms with E-state index in [1.54, 1.807) is 23.5 Å². The smallest absolute Gasteiger partial charge is 0.269 e. The highest BCUT2D eigenvalue weighted by molar-refractivity contribution is 7.10. The van der Waals surface area contributed by atoms with E-state index in [2.05, 4.69) is 24.4 Å². The van der Waals surface area contributed by atoms with Crippen LogP contribution in [0.4, 0.5) is 5.69 Å². The number of benzene rings is 2. The van der Waals surface area contributed by atoms with Gasteiger partial charge in [0.05, 0.1) is 16.2 Å². The van der Waals surface area contributed by atoms with Crippen molar-refractivity contribution in [3.63, 3.8) is 0 Å². The van der Waals surface area contributed by atoms with E-state index in [-0.39, 0.29) is 11.2 Å². The zero-order valence-corrected chi connectivity index (χ0v) is 17.7. The van der Waals surface area contributed by atoms with Crippen molar-refractivity contribution in [3.8, 4) is 22.8 Å². The van der Waals surface area contributed by atoms with Crippen molar-refractivity contribution < 1.29 is 14.4 Å². The van der Waals surface area contributed by atoms with Gasteiger partial charge in [-0.15, -0.1) is 11.3 Å². The number of ether oxygens (including phenoxy) is 2. The van der Waals surface area contributed by atoms with Gasteiger partial charge in [0, 0.05) is 36.3 Å². The average Bonchev–Trinajstić information content (AvgIpc) is 3.26. The molecule has 8 heteroatoms. The minimum atomic E-state index is -0.429. The number of nitrogens with zero attached hydrogens (tertiary/aromatic N) is 3. The van der Waals surface area contributed by atoms with Gasteiger partial charge in [-0.2, -0.15) is 0 Å². The molecule has 1 aliphatic rings. The lowest BCUT2D eigenvalue weighted by Crippen LogP contribution is -2.45. The second-order valence-electron chi connectivity index (χ2n) is 7.45. The van der Waals surface area contributed by atoms with Gasteiger partial charge in [-0.05, 0) is 63.3 Å².